The average molecular weight is 427 g/mol. The highest BCUT2D eigenvalue weighted by Crippen LogP contribution is 2.33. The van der Waals surface area contributed by atoms with Crippen molar-refractivity contribution >= 4 is 11.9 Å². The Labute approximate surface area is 188 Å². The van der Waals surface area contributed by atoms with E-state index in [0.29, 0.717) is 22.6 Å². The van der Waals surface area contributed by atoms with Crippen molar-refractivity contribution < 1.29 is 19.1 Å². The summed E-state index contributed by atoms with van der Waals surface area (Å²) < 4.78 is 10.5. The quantitative estimate of drug-likeness (QED) is 0.253. The fourth-order valence-corrected chi connectivity index (χ4v) is 3.23. The molecule has 0 fully saturated rings. The molecule has 162 valence electrons. The number of ether oxygens (including phenoxy) is 2. The first kappa shape index (κ1) is 22.8. The van der Waals surface area contributed by atoms with Crippen LogP contribution < -0.4 is 9.47 Å². The van der Waals surface area contributed by atoms with Gasteiger partial charge in [-0.1, -0.05) is 49.6 Å². The van der Waals surface area contributed by atoms with Crippen molar-refractivity contribution in [3.8, 4) is 33.8 Å². The molecule has 3 aromatic rings. The van der Waals surface area contributed by atoms with Crippen LogP contribution in [0.1, 0.15) is 25.0 Å². The standard InChI is InChI=1S/C28H26O4/c1-17(2)27(29)31-23-11-7-21(8-12-23)25-15-20(6)26(16-19(25)5)22-9-13-24(14-10-22)32-28(30)18(3)4/h7-16H,1,3H2,2,4-6H3. The zero-order valence-electron chi connectivity index (χ0n) is 18.8. The summed E-state index contributed by atoms with van der Waals surface area (Å²) in [5.74, 6) is 0.101. The Bertz CT molecular complexity index is 1100. The Morgan fingerprint density at radius 2 is 0.938 bits per heavy atom. The van der Waals surface area contributed by atoms with E-state index in [0.717, 1.165) is 33.4 Å². The summed E-state index contributed by atoms with van der Waals surface area (Å²) in [6.07, 6.45) is 0. The number of hydrogen-bond acceptors (Lipinski definition) is 4. The Hall–Kier alpha value is -3.92. The Balaban J connectivity index is 1.84. The molecule has 32 heavy (non-hydrogen) atoms. The van der Waals surface area contributed by atoms with Crippen LogP contribution in [0.3, 0.4) is 0 Å². The van der Waals surface area contributed by atoms with Crippen LogP contribution in [0, 0.1) is 13.8 Å². The van der Waals surface area contributed by atoms with Crippen molar-refractivity contribution in [3.63, 3.8) is 0 Å². The lowest BCUT2D eigenvalue weighted by Gasteiger charge is -2.14. The molecular formula is C28H26O4. The molecule has 0 heterocycles. The molecule has 0 spiro atoms. The second-order valence-electron chi connectivity index (χ2n) is 7.87. The summed E-state index contributed by atoms with van der Waals surface area (Å²) in [5.41, 5.74) is 7.25. The van der Waals surface area contributed by atoms with Crippen molar-refractivity contribution in [1.29, 1.82) is 0 Å². The lowest BCUT2D eigenvalue weighted by atomic mass is 9.92. The normalized spacial score (nSPS) is 10.4. The van der Waals surface area contributed by atoms with Crippen molar-refractivity contribution in [2.24, 2.45) is 0 Å². The van der Waals surface area contributed by atoms with Crippen LogP contribution in [0.2, 0.25) is 0 Å². The van der Waals surface area contributed by atoms with Crippen LogP contribution in [0.5, 0.6) is 11.5 Å². The summed E-state index contributed by atoms with van der Waals surface area (Å²) in [6.45, 7) is 14.6. The second-order valence-corrected chi connectivity index (χ2v) is 7.87. The van der Waals surface area contributed by atoms with Crippen molar-refractivity contribution in [1.82, 2.24) is 0 Å². The minimum Gasteiger partial charge on any atom is -0.423 e. The minimum atomic E-state index is -0.436. The van der Waals surface area contributed by atoms with E-state index in [1.807, 2.05) is 24.3 Å². The molecule has 0 radical (unpaired) electrons. The number of rotatable bonds is 6. The van der Waals surface area contributed by atoms with Gasteiger partial charge >= 0.3 is 11.9 Å². The van der Waals surface area contributed by atoms with Gasteiger partial charge in [-0.2, -0.15) is 0 Å². The number of benzene rings is 3. The third kappa shape index (κ3) is 5.22. The van der Waals surface area contributed by atoms with Crippen molar-refractivity contribution in [3.05, 3.63) is 96.1 Å². The van der Waals surface area contributed by atoms with Gasteiger partial charge in [0.25, 0.3) is 0 Å². The summed E-state index contributed by atoms with van der Waals surface area (Å²) >= 11 is 0. The molecule has 0 atom stereocenters. The molecule has 0 saturated carbocycles. The maximum atomic E-state index is 11.7. The zero-order valence-corrected chi connectivity index (χ0v) is 18.8. The molecule has 0 aliphatic rings. The zero-order chi connectivity index (χ0) is 23.4. The molecule has 4 nitrogen and oxygen atoms in total. The molecule has 0 aliphatic heterocycles. The monoisotopic (exact) mass is 426 g/mol. The van der Waals surface area contributed by atoms with Crippen LogP contribution in [-0.4, -0.2) is 11.9 Å². The molecule has 3 rings (SSSR count). The molecule has 0 bridgehead atoms. The van der Waals surface area contributed by atoms with Crippen LogP contribution >= 0.6 is 0 Å². The van der Waals surface area contributed by atoms with Gasteiger partial charge in [0.15, 0.2) is 0 Å². The van der Waals surface area contributed by atoms with Gasteiger partial charge in [-0.3, -0.25) is 0 Å². The first-order valence-corrected chi connectivity index (χ1v) is 10.2. The molecule has 0 amide bonds. The summed E-state index contributed by atoms with van der Waals surface area (Å²) in [5, 5.41) is 0. The van der Waals surface area contributed by atoms with Gasteiger partial charge in [0.1, 0.15) is 11.5 Å². The third-order valence-electron chi connectivity index (χ3n) is 5.02. The number of esters is 2. The number of carbonyl (C=O) groups excluding carboxylic acids is 2. The van der Waals surface area contributed by atoms with Crippen LogP contribution in [-0.2, 0) is 9.59 Å². The van der Waals surface area contributed by atoms with Gasteiger partial charge in [-0.05, 0) is 85.3 Å². The van der Waals surface area contributed by atoms with E-state index in [1.54, 1.807) is 38.1 Å². The Morgan fingerprint density at radius 3 is 1.22 bits per heavy atom. The van der Waals surface area contributed by atoms with Gasteiger partial charge in [0, 0.05) is 11.1 Å². The molecule has 0 saturated heterocycles. The molecule has 0 aromatic heterocycles. The highest BCUT2D eigenvalue weighted by molar-refractivity contribution is 5.89. The smallest absolute Gasteiger partial charge is 0.338 e. The van der Waals surface area contributed by atoms with Crippen molar-refractivity contribution in [2.75, 3.05) is 0 Å². The van der Waals surface area contributed by atoms with E-state index >= 15 is 0 Å². The van der Waals surface area contributed by atoms with Crippen molar-refractivity contribution in [2.45, 2.75) is 27.7 Å². The van der Waals surface area contributed by atoms with Gasteiger partial charge in [-0.15, -0.1) is 0 Å². The van der Waals surface area contributed by atoms with Crippen LogP contribution in [0.15, 0.2) is 85.0 Å². The van der Waals surface area contributed by atoms with Gasteiger partial charge < -0.3 is 9.47 Å². The molecule has 3 aromatic carbocycles. The topological polar surface area (TPSA) is 52.6 Å². The number of hydrogen-bond donors (Lipinski definition) is 0. The summed E-state index contributed by atoms with van der Waals surface area (Å²) in [6, 6.07) is 19.2. The molecule has 4 heteroatoms. The lowest BCUT2D eigenvalue weighted by Crippen LogP contribution is -2.07. The van der Waals surface area contributed by atoms with E-state index in [9.17, 15) is 9.59 Å². The van der Waals surface area contributed by atoms with Gasteiger partial charge in [0.2, 0.25) is 0 Å². The first-order valence-electron chi connectivity index (χ1n) is 10.2. The maximum Gasteiger partial charge on any atom is 0.338 e. The Morgan fingerprint density at radius 1 is 0.625 bits per heavy atom. The summed E-state index contributed by atoms with van der Waals surface area (Å²) in [4.78, 5) is 23.4. The lowest BCUT2D eigenvalue weighted by molar-refractivity contribution is -0.130. The highest BCUT2D eigenvalue weighted by atomic mass is 16.5. The fraction of sp³-hybridized carbons (Fsp3) is 0.143. The predicted octanol–water partition coefficient (Wildman–Crippen LogP) is 6.60. The van der Waals surface area contributed by atoms with E-state index in [1.165, 1.54) is 0 Å². The third-order valence-corrected chi connectivity index (χ3v) is 5.02. The van der Waals surface area contributed by atoms with Crippen LogP contribution in [0.4, 0.5) is 0 Å². The molecular weight excluding hydrogens is 400 g/mol. The average Bonchev–Trinajstić information content (AvgIpc) is 2.76. The summed E-state index contributed by atoms with van der Waals surface area (Å²) in [7, 11) is 0. The molecule has 0 aliphatic carbocycles. The van der Waals surface area contributed by atoms with E-state index < -0.39 is 11.9 Å². The van der Waals surface area contributed by atoms with E-state index in [2.05, 4.69) is 39.1 Å². The second kappa shape index (κ2) is 9.48. The number of aryl methyl sites for hydroxylation is 2. The predicted molar refractivity (Wildman–Crippen MR) is 128 cm³/mol. The molecule has 0 N–H and O–H groups in total. The SMILES string of the molecule is C=C(C)C(=O)Oc1ccc(-c2cc(C)c(-c3ccc(OC(=O)C(=C)C)cc3)cc2C)cc1. The van der Waals surface area contributed by atoms with Gasteiger partial charge in [0.05, 0.1) is 0 Å². The first-order chi connectivity index (χ1) is 15.2. The fourth-order valence-electron chi connectivity index (χ4n) is 3.23. The minimum absolute atomic E-state index is 0.359. The maximum absolute atomic E-state index is 11.7. The van der Waals surface area contributed by atoms with Gasteiger partial charge in [-0.25, -0.2) is 9.59 Å². The highest BCUT2D eigenvalue weighted by Gasteiger charge is 2.11. The van der Waals surface area contributed by atoms with E-state index in [4.69, 9.17) is 9.47 Å². The number of carbonyl (C=O) groups is 2. The van der Waals surface area contributed by atoms with Crippen LogP contribution in [0.25, 0.3) is 22.3 Å². The molecule has 0 unspecified atom stereocenters. The largest absolute Gasteiger partial charge is 0.423 e. The Kier molecular flexibility index (Phi) is 6.74. The van der Waals surface area contributed by atoms with E-state index in [-0.39, 0.29) is 0 Å².